The van der Waals surface area contributed by atoms with Crippen molar-refractivity contribution in [3.63, 3.8) is 0 Å². The van der Waals surface area contributed by atoms with Crippen LogP contribution in [0.1, 0.15) is 34.1 Å². The highest BCUT2D eigenvalue weighted by Gasteiger charge is 2.25. The summed E-state index contributed by atoms with van der Waals surface area (Å²) in [5.41, 5.74) is 5.36. The van der Waals surface area contributed by atoms with Crippen LogP contribution in [-0.2, 0) is 19.2 Å². The summed E-state index contributed by atoms with van der Waals surface area (Å²) in [6, 6.07) is -2.68. The number of aliphatic carboxylic acids is 1. The minimum Gasteiger partial charge on any atom is -0.480 e. The second-order valence-corrected chi connectivity index (χ2v) is 5.82. The van der Waals surface area contributed by atoms with Gasteiger partial charge in [-0.05, 0) is 26.2 Å². The quantitative estimate of drug-likeness (QED) is 0.350. The van der Waals surface area contributed by atoms with Crippen LogP contribution in [0.3, 0.4) is 0 Å². The van der Waals surface area contributed by atoms with Gasteiger partial charge in [0.2, 0.25) is 17.7 Å². The van der Waals surface area contributed by atoms with E-state index in [0.29, 0.717) is 6.42 Å². The van der Waals surface area contributed by atoms with Crippen molar-refractivity contribution in [1.29, 1.82) is 0 Å². The lowest BCUT2D eigenvalue weighted by Gasteiger charge is -2.21. The van der Waals surface area contributed by atoms with Crippen molar-refractivity contribution in [1.82, 2.24) is 16.0 Å². The van der Waals surface area contributed by atoms with E-state index in [4.69, 9.17) is 10.8 Å². The zero-order valence-electron chi connectivity index (χ0n) is 13.9. The third-order valence-electron chi connectivity index (χ3n) is 2.92. The predicted molar refractivity (Wildman–Crippen MR) is 83.3 cm³/mol. The Labute approximate surface area is 135 Å². The second kappa shape index (κ2) is 9.78. The molecule has 0 aromatic carbocycles. The van der Waals surface area contributed by atoms with E-state index in [-0.39, 0.29) is 12.5 Å². The van der Waals surface area contributed by atoms with Crippen LogP contribution in [-0.4, -0.2) is 53.5 Å². The molecule has 6 N–H and O–H groups in total. The van der Waals surface area contributed by atoms with Gasteiger partial charge in [0.05, 0.1) is 12.6 Å². The van der Waals surface area contributed by atoms with Crippen LogP contribution in [0.2, 0.25) is 0 Å². The molecule has 0 radical (unpaired) electrons. The molecular weight excluding hydrogens is 304 g/mol. The third-order valence-corrected chi connectivity index (χ3v) is 2.92. The Morgan fingerprint density at radius 1 is 1.00 bits per heavy atom. The maximum absolute atomic E-state index is 12.1. The Bertz CT molecular complexity index is 450. The van der Waals surface area contributed by atoms with E-state index in [1.54, 1.807) is 0 Å². The Kier molecular flexibility index (Phi) is 8.86. The summed E-state index contributed by atoms with van der Waals surface area (Å²) in [7, 11) is 0. The fourth-order valence-corrected chi connectivity index (χ4v) is 1.65. The molecule has 0 rings (SSSR count). The van der Waals surface area contributed by atoms with Gasteiger partial charge in [0, 0.05) is 0 Å². The zero-order chi connectivity index (χ0) is 18.2. The Hall–Kier alpha value is -2.16. The molecule has 0 aliphatic carbocycles. The van der Waals surface area contributed by atoms with Gasteiger partial charge < -0.3 is 26.8 Å². The summed E-state index contributed by atoms with van der Waals surface area (Å²) >= 11 is 0. The topological polar surface area (TPSA) is 151 Å². The highest BCUT2D eigenvalue weighted by atomic mass is 16.4. The van der Waals surface area contributed by atoms with Crippen LogP contribution in [0.4, 0.5) is 0 Å². The first-order chi connectivity index (χ1) is 10.5. The summed E-state index contributed by atoms with van der Waals surface area (Å²) in [6.45, 7) is 6.24. The molecule has 9 nitrogen and oxygen atoms in total. The van der Waals surface area contributed by atoms with Crippen molar-refractivity contribution in [2.45, 2.75) is 52.2 Å². The summed E-state index contributed by atoms with van der Waals surface area (Å²) < 4.78 is 0. The molecule has 23 heavy (non-hydrogen) atoms. The predicted octanol–water partition coefficient (Wildman–Crippen LogP) is -1.43. The average molecular weight is 330 g/mol. The van der Waals surface area contributed by atoms with Crippen LogP contribution in [0.25, 0.3) is 0 Å². The van der Waals surface area contributed by atoms with Gasteiger partial charge in [-0.25, -0.2) is 0 Å². The smallest absolute Gasteiger partial charge is 0.325 e. The first kappa shape index (κ1) is 20.8. The van der Waals surface area contributed by atoms with Gasteiger partial charge in [0.25, 0.3) is 0 Å². The van der Waals surface area contributed by atoms with Gasteiger partial charge in [-0.1, -0.05) is 13.8 Å². The number of carbonyl (C=O) groups excluding carboxylic acids is 3. The molecule has 0 bridgehead atoms. The standard InChI is InChI=1S/C14H26N4O5/c1-7(2)5-10(13(21)17-9(4)14(22)23)18-11(19)6-16-12(20)8(3)15/h7-10H,5-6,15H2,1-4H3,(H,16,20)(H,17,21)(H,18,19)(H,22,23)/t8-,9-,10-/m0/s1. The number of carboxylic acid groups (broad SMARTS) is 1. The molecule has 0 aromatic heterocycles. The first-order valence-corrected chi connectivity index (χ1v) is 7.40. The number of carbonyl (C=O) groups is 4. The first-order valence-electron chi connectivity index (χ1n) is 7.40. The summed E-state index contributed by atoms with van der Waals surface area (Å²) in [6.07, 6.45) is 0.338. The van der Waals surface area contributed by atoms with Crippen LogP contribution in [0.5, 0.6) is 0 Å². The summed E-state index contributed by atoms with van der Waals surface area (Å²) in [5, 5.41) is 15.9. The lowest BCUT2D eigenvalue weighted by atomic mass is 10.0. The molecule has 0 unspecified atom stereocenters. The van der Waals surface area contributed by atoms with E-state index >= 15 is 0 Å². The van der Waals surface area contributed by atoms with Gasteiger partial charge in [0.15, 0.2) is 0 Å². The number of hydrogen-bond acceptors (Lipinski definition) is 5. The van der Waals surface area contributed by atoms with Crippen molar-refractivity contribution in [3.8, 4) is 0 Å². The number of amides is 3. The molecule has 0 spiro atoms. The number of hydrogen-bond donors (Lipinski definition) is 5. The third kappa shape index (κ3) is 8.77. The molecule has 0 saturated carbocycles. The van der Waals surface area contributed by atoms with Crippen LogP contribution < -0.4 is 21.7 Å². The normalized spacial score (nSPS) is 14.5. The highest BCUT2D eigenvalue weighted by Crippen LogP contribution is 2.05. The van der Waals surface area contributed by atoms with E-state index in [1.165, 1.54) is 13.8 Å². The van der Waals surface area contributed by atoms with E-state index in [2.05, 4.69) is 16.0 Å². The molecule has 0 aliphatic heterocycles. The Morgan fingerprint density at radius 2 is 1.57 bits per heavy atom. The molecule has 0 fully saturated rings. The number of nitrogens with two attached hydrogens (primary N) is 1. The van der Waals surface area contributed by atoms with E-state index < -0.39 is 41.8 Å². The second-order valence-electron chi connectivity index (χ2n) is 5.82. The fraction of sp³-hybridized carbons (Fsp3) is 0.714. The summed E-state index contributed by atoms with van der Waals surface area (Å²) in [5.74, 6) is -2.69. The summed E-state index contributed by atoms with van der Waals surface area (Å²) in [4.78, 5) is 46.0. The molecule has 3 amide bonds. The largest absolute Gasteiger partial charge is 0.480 e. The van der Waals surface area contributed by atoms with Gasteiger partial charge >= 0.3 is 5.97 Å². The van der Waals surface area contributed by atoms with Gasteiger partial charge in [-0.3, -0.25) is 19.2 Å². The van der Waals surface area contributed by atoms with Crippen molar-refractivity contribution in [3.05, 3.63) is 0 Å². The highest BCUT2D eigenvalue weighted by molar-refractivity contribution is 5.92. The molecule has 0 saturated heterocycles. The van der Waals surface area contributed by atoms with E-state index in [0.717, 1.165) is 0 Å². The molecule has 0 heterocycles. The number of rotatable bonds is 9. The maximum Gasteiger partial charge on any atom is 0.325 e. The average Bonchev–Trinajstić information content (AvgIpc) is 2.42. The lowest BCUT2D eigenvalue weighted by molar-refractivity contribution is -0.141. The maximum atomic E-state index is 12.1. The molecular formula is C14H26N4O5. The van der Waals surface area contributed by atoms with Gasteiger partial charge in [0.1, 0.15) is 12.1 Å². The number of carboxylic acids is 1. The van der Waals surface area contributed by atoms with Crippen LogP contribution in [0.15, 0.2) is 0 Å². The van der Waals surface area contributed by atoms with E-state index in [9.17, 15) is 19.2 Å². The molecule has 0 aliphatic rings. The van der Waals surface area contributed by atoms with Crippen molar-refractivity contribution >= 4 is 23.7 Å². The minimum atomic E-state index is -1.17. The van der Waals surface area contributed by atoms with Crippen molar-refractivity contribution in [2.75, 3.05) is 6.54 Å². The van der Waals surface area contributed by atoms with Crippen molar-refractivity contribution < 1.29 is 24.3 Å². The monoisotopic (exact) mass is 330 g/mol. The van der Waals surface area contributed by atoms with Crippen molar-refractivity contribution in [2.24, 2.45) is 11.7 Å². The van der Waals surface area contributed by atoms with Crippen LogP contribution >= 0.6 is 0 Å². The lowest BCUT2D eigenvalue weighted by Crippen LogP contribution is -2.53. The molecule has 3 atom stereocenters. The molecule has 9 heteroatoms. The fourth-order valence-electron chi connectivity index (χ4n) is 1.65. The molecule has 0 aromatic rings. The molecule has 132 valence electrons. The van der Waals surface area contributed by atoms with E-state index in [1.807, 2.05) is 13.8 Å². The zero-order valence-corrected chi connectivity index (χ0v) is 13.9. The SMILES string of the molecule is CC(C)C[C@H](NC(=O)CNC(=O)[C@H](C)N)C(=O)N[C@@H](C)C(=O)O. The number of nitrogens with one attached hydrogen (secondary N) is 3. The minimum absolute atomic E-state index is 0.102. The Morgan fingerprint density at radius 3 is 2.00 bits per heavy atom. The van der Waals surface area contributed by atoms with Gasteiger partial charge in [-0.2, -0.15) is 0 Å². The Balaban J connectivity index is 4.65. The van der Waals surface area contributed by atoms with Crippen LogP contribution in [0, 0.1) is 5.92 Å². The van der Waals surface area contributed by atoms with Gasteiger partial charge in [-0.15, -0.1) is 0 Å².